The smallest absolute Gasteiger partial charge is 0.0576 e. The Morgan fingerprint density at radius 3 is 2.65 bits per heavy atom. The quantitative estimate of drug-likeness (QED) is 0.767. The van der Waals surface area contributed by atoms with Crippen molar-refractivity contribution in [1.29, 1.82) is 0 Å². The molecular weight excluding hydrogens is 210 g/mol. The Kier molecular flexibility index (Phi) is 3.72. The largest absolute Gasteiger partial charge is 0.378 e. The minimum Gasteiger partial charge on any atom is -0.378 e. The van der Waals surface area contributed by atoms with Crippen LogP contribution in [0.4, 0.5) is 0 Å². The molecule has 3 aliphatic rings. The zero-order valence-electron chi connectivity index (χ0n) is 11.2. The van der Waals surface area contributed by atoms with E-state index in [-0.39, 0.29) is 0 Å². The highest BCUT2D eigenvalue weighted by Crippen LogP contribution is 2.59. The number of hydrogen-bond donors (Lipinski definition) is 1. The maximum absolute atomic E-state index is 5.75. The molecule has 1 heterocycles. The normalized spacial score (nSPS) is 41.5. The number of rotatable bonds is 6. The molecule has 4 unspecified atom stereocenters. The number of hydrogen-bond acceptors (Lipinski definition) is 2. The van der Waals surface area contributed by atoms with E-state index < -0.39 is 0 Å². The highest BCUT2D eigenvalue weighted by Gasteiger charge is 2.55. The topological polar surface area (TPSA) is 21.3 Å². The first-order valence-electron chi connectivity index (χ1n) is 7.75. The Labute approximate surface area is 105 Å². The molecule has 3 rings (SSSR count). The molecule has 2 saturated carbocycles. The van der Waals surface area contributed by atoms with Gasteiger partial charge < -0.3 is 10.1 Å². The van der Waals surface area contributed by atoms with Crippen molar-refractivity contribution in [2.75, 3.05) is 13.2 Å². The summed E-state index contributed by atoms with van der Waals surface area (Å²) in [7, 11) is 0. The van der Waals surface area contributed by atoms with Gasteiger partial charge in [0, 0.05) is 12.6 Å². The molecule has 0 bridgehead atoms. The molecule has 98 valence electrons. The lowest BCUT2D eigenvalue weighted by Crippen LogP contribution is -2.33. The van der Waals surface area contributed by atoms with Crippen LogP contribution in [-0.4, -0.2) is 25.3 Å². The van der Waals surface area contributed by atoms with Crippen molar-refractivity contribution in [1.82, 2.24) is 5.32 Å². The summed E-state index contributed by atoms with van der Waals surface area (Å²) in [4.78, 5) is 0. The van der Waals surface area contributed by atoms with Gasteiger partial charge in [-0.1, -0.05) is 13.3 Å². The minimum absolute atomic E-state index is 0.578. The first kappa shape index (κ1) is 12.0. The number of fused-ring (bicyclic) bond motifs is 1. The van der Waals surface area contributed by atoms with E-state index in [4.69, 9.17) is 4.74 Å². The van der Waals surface area contributed by atoms with Crippen molar-refractivity contribution in [2.24, 2.45) is 17.8 Å². The lowest BCUT2D eigenvalue weighted by Gasteiger charge is -2.21. The highest BCUT2D eigenvalue weighted by molar-refractivity contribution is 5.06. The second kappa shape index (κ2) is 5.27. The summed E-state index contributed by atoms with van der Waals surface area (Å²) in [5.74, 6) is 3.19. The summed E-state index contributed by atoms with van der Waals surface area (Å²) < 4.78 is 5.75. The molecule has 3 fully saturated rings. The van der Waals surface area contributed by atoms with Crippen LogP contribution in [0.5, 0.6) is 0 Å². The molecular formula is C15H27NO. The molecule has 1 saturated heterocycles. The Morgan fingerprint density at radius 2 is 2.00 bits per heavy atom. The molecule has 0 radical (unpaired) electrons. The van der Waals surface area contributed by atoms with Crippen LogP contribution < -0.4 is 5.32 Å². The summed E-state index contributed by atoms with van der Waals surface area (Å²) in [6, 6.07) is 0.791. The van der Waals surface area contributed by atoms with Crippen LogP contribution in [-0.2, 0) is 4.74 Å². The van der Waals surface area contributed by atoms with Crippen molar-refractivity contribution in [3.05, 3.63) is 0 Å². The predicted molar refractivity (Wildman–Crippen MR) is 70.0 cm³/mol. The summed E-state index contributed by atoms with van der Waals surface area (Å²) in [6.07, 6.45) is 10.3. The zero-order chi connectivity index (χ0) is 11.7. The molecule has 17 heavy (non-hydrogen) atoms. The van der Waals surface area contributed by atoms with Gasteiger partial charge in [0.25, 0.3) is 0 Å². The van der Waals surface area contributed by atoms with Crippen molar-refractivity contribution >= 4 is 0 Å². The standard InChI is InChI=1S/C15H27NO/c1-2-16-14(9-8-11-5-4-10-17-11)15-12-6-3-7-13(12)15/h11-16H,2-10H2,1H3. The van der Waals surface area contributed by atoms with Gasteiger partial charge in [0.15, 0.2) is 0 Å². The van der Waals surface area contributed by atoms with E-state index in [2.05, 4.69) is 12.2 Å². The molecule has 0 aromatic rings. The monoisotopic (exact) mass is 237 g/mol. The van der Waals surface area contributed by atoms with E-state index >= 15 is 0 Å². The second-order valence-electron chi connectivity index (χ2n) is 6.21. The van der Waals surface area contributed by atoms with Gasteiger partial charge in [0.05, 0.1) is 6.10 Å². The summed E-state index contributed by atoms with van der Waals surface area (Å²) in [5, 5.41) is 3.74. The SMILES string of the molecule is CCNC(CCC1CCCO1)C1C2CCCC21. The molecule has 2 nitrogen and oxygen atoms in total. The maximum atomic E-state index is 5.75. The molecule has 4 atom stereocenters. The predicted octanol–water partition coefficient (Wildman–Crippen LogP) is 2.97. The second-order valence-corrected chi connectivity index (χ2v) is 6.21. The maximum Gasteiger partial charge on any atom is 0.0576 e. The third-order valence-corrected chi connectivity index (χ3v) is 5.23. The first-order chi connectivity index (χ1) is 8.40. The van der Waals surface area contributed by atoms with E-state index in [9.17, 15) is 0 Å². The third kappa shape index (κ3) is 2.53. The average Bonchev–Trinajstić information content (AvgIpc) is 2.81. The van der Waals surface area contributed by atoms with Gasteiger partial charge in [-0.3, -0.25) is 0 Å². The van der Waals surface area contributed by atoms with Crippen molar-refractivity contribution in [3.8, 4) is 0 Å². The minimum atomic E-state index is 0.578. The van der Waals surface area contributed by atoms with Crippen LogP contribution in [0, 0.1) is 17.8 Å². The number of nitrogens with one attached hydrogen (secondary N) is 1. The van der Waals surface area contributed by atoms with E-state index in [0.717, 1.165) is 36.9 Å². The first-order valence-corrected chi connectivity index (χ1v) is 7.75. The fraction of sp³-hybridized carbons (Fsp3) is 1.00. The summed E-state index contributed by atoms with van der Waals surface area (Å²) >= 11 is 0. The lowest BCUT2D eigenvalue weighted by molar-refractivity contribution is 0.0983. The molecule has 2 aliphatic carbocycles. The van der Waals surface area contributed by atoms with Crippen LogP contribution in [0.15, 0.2) is 0 Å². The molecule has 0 aromatic heterocycles. The molecule has 1 aliphatic heterocycles. The van der Waals surface area contributed by atoms with Crippen molar-refractivity contribution in [3.63, 3.8) is 0 Å². The van der Waals surface area contributed by atoms with Crippen LogP contribution in [0.3, 0.4) is 0 Å². The van der Waals surface area contributed by atoms with Gasteiger partial charge in [-0.2, -0.15) is 0 Å². The molecule has 0 spiro atoms. The Bertz CT molecular complexity index is 239. The Hall–Kier alpha value is -0.0800. The molecule has 1 N–H and O–H groups in total. The van der Waals surface area contributed by atoms with E-state index in [1.807, 2.05) is 0 Å². The van der Waals surface area contributed by atoms with Crippen molar-refractivity contribution < 1.29 is 4.74 Å². The van der Waals surface area contributed by atoms with E-state index in [0.29, 0.717) is 6.10 Å². The van der Waals surface area contributed by atoms with E-state index in [1.54, 1.807) is 0 Å². The van der Waals surface area contributed by atoms with Crippen LogP contribution >= 0.6 is 0 Å². The summed E-state index contributed by atoms with van der Waals surface area (Å²) in [6.45, 7) is 4.38. The Morgan fingerprint density at radius 1 is 1.18 bits per heavy atom. The molecule has 0 aromatic carbocycles. The van der Waals surface area contributed by atoms with Gasteiger partial charge in [-0.25, -0.2) is 0 Å². The molecule has 0 amide bonds. The van der Waals surface area contributed by atoms with Crippen LogP contribution in [0.25, 0.3) is 0 Å². The Balaban J connectivity index is 1.46. The van der Waals surface area contributed by atoms with Crippen LogP contribution in [0.2, 0.25) is 0 Å². The van der Waals surface area contributed by atoms with Crippen LogP contribution in [0.1, 0.15) is 51.9 Å². The summed E-state index contributed by atoms with van der Waals surface area (Å²) in [5.41, 5.74) is 0. The molecule has 2 heteroatoms. The van der Waals surface area contributed by atoms with E-state index in [1.165, 1.54) is 44.9 Å². The fourth-order valence-corrected chi connectivity index (χ4v) is 4.40. The number of ether oxygens (including phenoxy) is 1. The fourth-order valence-electron chi connectivity index (χ4n) is 4.40. The average molecular weight is 237 g/mol. The van der Waals surface area contributed by atoms with Gasteiger partial charge in [-0.05, 0) is 62.8 Å². The zero-order valence-corrected chi connectivity index (χ0v) is 11.2. The van der Waals surface area contributed by atoms with Crippen molar-refractivity contribution in [2.45, 2.75) is 64.0 Å². The van der Waals surface area contributed by atoms with Gasteiger partial charge in [0.2, 0.25) is 0 Å². The lowest BCUT2D eigenvalue weighted by atomic mass is 9.97. The van der Waals surface area contributed by atoms with Gasteiger partial charge in [0.1, 0.15) is 0 Å². The highest BCUT2D eigenvalue weighted by atomic mass is 16.5. The third-order valence-electron chi connectivity index (χ3n) is 5.23. The van der Waals surface area contributed by atoms with Gasteiger partial charge in [-0.15, -0.1) is 0 Å². The van der Waals surface area contributed by atoms with Gasteiger partial charge >= 0.3 is 0 Å².